The van der Waals surface area contributed by atoms with Crippen LogP contribution in [0.2, 0.25) is 0 Å². The van der Waals surface area contributed by atoms with Crippen LogP contribution in [0.1, 0.15) is 5.82 Å². The van der Waals surface area contributed by atoms with Crippen LogP contribution >= 0.6 is 11.5 Å². The van der Waals surface area contributed by atoms with Gasteiger partial charge in [0.2, 0.25) is 5.13 Å². The van der Waals surface area contributed by atoms with Crippen molar-refractivity contribution < 1.29 is 0 Å². The smallest absolute Gasteiger partial charge is 0.204 e. The predicted molar refractivity (Wildman–Crippen MR) is 60.1 cm³/mol. The van der Waals surface area contributed by atoms with Crippen LogP contribution in [0.25, 0.3) is 0 Å². The van der Waals surface area contributed by atoms with Crippen molar-refractivity contribution in [2.24, 2.45) is 0 Å². The molecule has 0 saturated carbocycles. The summed E-state index contributed by atoms with van der Waals surface area (Å²) in [6.07, 6.45) is 3.74. The minimum atomic E-state index is 0.834. The van der Waals surface area contributed by atoms with Crippen molar-refractivity contribution in [3.05, 3.63) is 24.3 Å². The van der Waals surface area contributed by atoms with E-state index in [1.807, 2.05) is 30.9 Å². The Hall–Kier alpha value is -1.43. The lowest BCUT2D eigenvalue weighted by Gasteiger charge is -2.14. The molecular formula is C9H13N5S. The highest BCUT2D eigenvalue weighted by atomic mass is 32.1. The van der Waals surface area contributed by atoms with E-state index in [0.29, 0.717) is 0 Å². The first kappa shape index (κ1) is 10.1. The highest BCUT2D eigenvalue weighted by molar-refractivity contribution is 7.09. The fourth-order valence-electron chi connectivity index (χ4n) is 1.22. The summed E-state index contributed by atoms with van der Waals surface area (Å²) >= 11 is 1.43. The molecule has 5 nitrogen and oxygen atoms in total. The topological polar surface area (TPSA) is 46.8 Å². The third kappa shape index (κ3) is 2.53. The Balaban J connectivity index is 1.90. The van der Waals surface area contributed by atoms with Crippen molar-refractivity contribution in [3.8, 4) is 0 Å². The highest BCUT2D eigenvalue weighted by Gasteiger charge is 2.05. The lowest BCUT2D eigenvalue weighted by molar-refractivity contribution is 0.611. The van der Waals surface area contributed by atoms with Gasteiger partial charge in [-0.2, -0.15) is 9.47 Å². The van der Waals surface area contributed by atoms with Gasteiger partial charge in [0.05, 0.1) is 6.54 Å². The summed E-state index contributed by atoms with van der Waals surface area (Å²) in [4.78, 5) is 6.40. The molecule has 0 spiro atoms. The molecular weight excluding hydrogens is 210 g/mol. The lowest BCUT2D eigenvalue weighted by atomic mass is 10.6. The second-order valence-electron chi connectivity index (χ2n) is 3.31. The molecule has 0 atom stereocenters. The van der Waals surface area contributed by atoms with Gasteiger partial charge in [-0.15, -0.1) is 0 Å². The van der Waals surface area contributed by atoms with Crippen molar-refractivity contribution in [2.75, 3.05) is 18.5 Å². The number of hydrogen-bond donors (Lipinski definition) is 0. The summed E-state index contributed by atoms with van der Waals surface area (Å²) in [7, 11) is 2.02. The second-order valence-corrected chi connectivity index (χ2v) is 4.05. The fraction of sp³-hybridized carbons (Fsp3) is 0.444. The number of likely N-dealkylation sites (N-methyl/N-ethyl adjacent to an activating group) is 1. The maximum atomic E-state index is 4.31. The maximum Gasteiger partial charge on any atom is 0.204 e. The van der Waals surface area contributed by atoms with E-state index in [4.69, 9.17) is 0 Å². The minimum Gasteiger partial charge on any atom is -0.348 e. The van der Waals surface area contributed by atoms with E-state index in [-0.39, 0.29) is 0 Å². The summed E-state index contributed by atoms with van der Waals surface area (Å²) in [6, 6.07) is 1.93. The second kappa shape index (κ2) is 4.39. The molecule has 0 N–H and O–H groups in total. The Morgan fingerprint density at radius 1 is 1.53 bits per heavy atom. The number of aryl methyl sites for hydroxylation is 1. The highest BCUT2D eigenvalue weighted by Crippen LogP contribution is 2.14. The zero-order valence-electron chi connectivity index (χ0n) is 8.79. The maximum absolute atomic E-state index is 4.31. The SMILES string of the molecule is Cc1nsc(N(C)CCn2cccn2)n1. The van der Waals surface area contributed by atoms with Crippen LogP contribution in [-0.2, 0) is 6.54 Å². The van der Waals surface area contributed by atoms with Crippen molar-refractivity contribution in [1.82, 2.24) is 19.1 Å². The minimum absolute atomic E-state index is 0.834. The van der Waals surface area contributed by atoms with Gasteiger partial charge in [-0.1, -0.05) is 0 Å². The van der Waals surface area contributed by atoms with Crippen LogP contribution in [0.5, 0.6) is 0 Å². The van der Waals surface area contributed by atoms with Crippen molar-refractivity contribution in [2.45, 2.75) is 13.5 Å². The van der Waals surface area contributed by atoms with Crippen molar-refractivity contribution >= 4 is 16.7 Å². The first-order valence-electron chi connectivity index (χ1n) is 4.74. The fourth-order valence-corrected chi connectivity index (χ4v) is 1.88. The molecule has 2 aromatic rings. The summed E-state index contributed by atoms with van der Waals surface area (Å²) in [5, 5.41) is 5.10. The van der Waals surface area contributed by atoms with E-state index in [9.17, 15) is 0 Å². The Labute approximate surface area is 92.5 Å². The molecule has 6 heteroatoms. The average molecular weight is 223 g/mol. The first-order chi connectivity index (χ1) is 7.25. The van der Waals surface area contributed by atoms with E-state index in [1.165, 1.54) is 11.5 Å². The molecule has 0 fully saturated rings. The van der Waals surface area contributed by atoms with Crippen LogP contribution in [-0.4, -0.2) is 32.7 Å². The summed E-state index contributed by atoms with van der Waals surface area (Å²) in [5.74, 6) is 0.834. The molecule has 0 aliphatic heterocycles. The zero-order chi connectivity index (χ0) is 10.7. The van der Waals surface area contributed by atoms with Crippen molar-refractivity contribution in [1.29, 1.82) is 0 Å². The van der Waals surface area contributed by atoms with E-state index in [1.54, 1.807) is 6.20 Å². The number of aromatic nitrogens is 4. The largest absolute Gasteiger partial charge is 0.348 e. The first-order valence-corrected chi connectivity index (χ1v) is 5.52. The van der Waals surface area contributed by atoms with Gasteiger partial charge in [0.25, 0.3) is 0 Å². The molecule has 2 heterocycles. The third-order valence-electron chi connectivity index (χ3n) is 2.07. The van der Waals surface area contributed by atoms with E-state index in [2.05, 4.69) is 19.4 Å². The molecule has 80 valence electrons. The average Bonchev–Trinajstić information content (AvgIpc) is 2.84. The van der Waals surface area contributed by atoms with E-state index >= 15 is 0 Å². The molecule has 0 radical (unpaired) electrons. The quantitative estimate of drug-likeness (QED) is 0.781. The predicted octanol–water partition coefficient (Wildman–Crippen LogP) is 1.18. The molecule has 15 heavy (non-hydrogen) atoms. The van der Waals surface area contributed by atoms with Gasteiger partial charge in [-0.3, -0.25) is 4.68 Å². The molecule has 0 amide bonds. The summed E-state index contributed by atoms with van der Waals surface area (Å²) in [5.41, 5.74) is 0. The van der Waals surface area contributed by atoms with Gasteiger partial charge >= 0.3 is 0 Å². The third-order valence-corrected chi connectivity index (χ3v) is 2.99. The molecule has 2 aromatic heterocycles. The number of rotatable bonds is 4. The van der Waals surface area contributed by atoms with Crippen LogP contribution in [0.3, 0.4) is 0 Å². The van der Waals surface area contributed by atoms with Gasteiger partial charge < -0.3 is 4.90 Å². The summed E-state index contributed by atoms with van der Waals surface area (Å²) < 4.78 is 6.06. The number of nitrogens with zero attached hydrogens (tertiary/aromatic N) is 5. The molecule has 0 unspecified atom stereocenters. The standard InChI is InChI=1S/C9H13N5S/c1-8-11-9(15-12-8)13(2)6-7-14-5-3-4-10-14/h3-5H,6-7H2,1-2H3. The molecule has 0 saturated heterocycles. The molecule has 2 rings (SSSR count). The van der Waals surface area contributed by atoms with Gasteiger partial charge in [0, 0.05) is 37.5 Å². The Bertz CT molecular complexity index is 408. The van der Waals surface area contributed by atoms with Crippen LogP contribution in [0.4, 0.5) is 5.13 Å². The number of hydrogen-bond acceptors (Lipinski definition) is 5. The normalized spacial score (nSPS) is 10.5. The van der Waals surface area contributed by atoms with Gasteiger partial charge in [-0.25, -0.2) is 4.98 Å². The summed E-state index contributed by atoms with van der Waals surface area (Å²) in [6.45, 7) is 3.65. The Kier molecular flexibility index (Phi) is 2.96. The monoisotopic (exact) mass is 223 g/mol. The molecule has 0 aliphatic carbocycles. The molecule has 0 aromatic carbocycles. The van der Waals surface area contributed by atoms with Crippen LogP contribution in [0, 0.1) is 6.92 Å². The molecule has 0 bridgehead atoms. The Morgan fingerprint density at radius 2 is 2.40 bits per heavy atom. The Morgan fingerprint density at radius 3 is 3.00 bits per heavy atom. The molecule has 0 aliphatic rings. The van der Waals surface area contributed by atoms with Gasteiger partial charge in [0.15, 0.2) is 0 Å². The van der Waals surface area contributed by atoms with E-state index in [0.717, 1.165) is 24.0 Å². The van der Waals surface area contributed by atoms with E-state index < -0.39 is 0 Å². The van der Waals surface area contributed by atoms with Crippen molar-refractivity contribution in [3.63, 3.8) is 0 Å². The number of anilines is 1. The van der Waals surface area contributed by atoms with Gasteiger partial charge in [0.1, 0.15) is 5.82 Å². The van der Waals surface area contributed by atoms with Gasteiger partial charge in [-0.05, 0) is 13.0 Å². The van der Waals surface area contributed by atoms with Crippen LogP contribution < -0.4 is 4.90 Å². The zero-order valence-corrected chi connectivity index (χ0v) is 9.61. The van der Waals surface area contributed by atoms with Crippen LogP contribution in [0.15, 0.2) is 18.5 Å². The lowest BCUT2D eigenvalue weighted by Crippen LogP contribution is -2.22.